The molecule has 0 aliphatic carbocycles. The Bertz CT molecular complexity index is 552. The summed E-state index contributed by atoms with van der Waals surface area (Å²) in [7, 11) is 1.86. The number of anilines is 1. The molecule has 0 aromatic carbocycles. The molecule has 2 aromatic rings. The number of hydrogen-bond acceptors (Lipinski definition) is 4. The lowest BCUT2D eigenvalue weighted by atomic mass is 10.1. The van der Waals surface area contributed by atoms with Gasteiger partial charge in [-0.05, 0) is 6.42 Å². The summed E-state index contributed by atoms with van der Waals surface area (Å²) in [4.78, 5) is 8.44. The highest BCUT2D eigenvalue weighted by atomic mass is 15.3. The fourth-order valence-corrected chi connectivity index (χ4v) is 1.71. The van der Waals surface area contributed by atoms with E-state index in [-0.39, 0.29) is 6.04 Å². The molecule has 1 unspecified atom stereocenters. The maximum absolute atomic E-state index is 5.34. The summed E-state index contributed by atoms with van der Waals surface area (Å²) in [5.74, 6) is 3.46. The first-order valence-corrected chi connectivity index (χ1v) is 5.59. The lowest BCUT2D eigenvalue weighted by Gasteiger charge is -2.14. The van der Waals surface area contributed by atoms with Gasteiger partial charge in [0, 0.05) is 19.5 Å². The van der Waals surface area contributed by atoms with Crippen LogP contribution < -0.4 is 5.32 Å². The molecule has 1 N–H and O–H groups in total. The Hall–Kier alpha value is -2.09. The second kappa shape index (κ2) is 4.83. The van der Waals surface area contributed by atoms with Crippen molar-refractivity contribution in [3.05, 3.63) is 12.5 Å². The molecule has 0 aliphatic rings. The van der Waals surface area contributed by atoms with Crippen molar-refractivity contribution in [1.29, 1.82) is 0 Å². The minimum Gasteiger partial charge on any atom is -0.366 e. The van der Waals surface area contributed by atoms with Gasteiger partial charge in [0.25, 0.3) is 0 Å². The standard InChI is InChI=1S/C12H15N5/c1-4-6-9(5-2)16-11-10-7-15-17(3)12(10)14-8-13-11/h1,7-9H,5-6H2,2-3H3,(H,13,14,16). The van der Waals surface area contributed by atoms with Crippen LogP contribution in [0.1, 0.15) is 19.8 Å². The van der Waals surface area contributed by atoms with Gasteiger partial charge in [-0.2, -0.15) is 5.10 Å². The van der Waals surface area contributed by atoms with Crippen molar-refractivity contribution < 1.29 is 0 Å². The number of aryl methyl sites for hydroxylation is 1. The highest BCUT2D eigenvalue weighted by molar-refractivity contribution is 5.86. The first kappa shape index (κ1) is 11.4. The molecule has 0 bridgehead atoms. The van der Waals surface area contributed by atoms with Gasteiger partial charge in [-0.15, -0.1) is 12.3 Å². The van der Waals surface area contributed by atoms with Crippen molar-refractivity contribution in [3.8, 4) is 12.3 Å². The predicted molar refractivity (Wildman–Crippen MR) is 67.5 cm³/mol. The first-order valence-electron chi connectivity index (χ1n) is 5.59. The smallest absolute Gasteiger partial charge is 0.163 e. The number of aromatic nitrogens is 4. The Morgan fingerprint density at radius 3 is 3.06 bits per heavy atom. The highest BCUT2D eigenvalue weighted by Gasteiger charge is 2.11. The normalized spacial score (nSPS) is 12.3. The van der Waals surface area contributed by atoms with Crippen molar-refractivity contribution in [2.45, 2.75) is 25.8 Å². The van der Waals surface area contributed by atoms with E-state index >= 15 is 0 Å². The van der Waals surface area contributed by atoms with E-state index in [4.69, 9.17) is 6.42 Å². The van der Waals surface area contributed by atoms with Gasteiger partial charge in [-0.25, -0.2) is 9.97 Å². The van der Waals surface area contributed by atoms with Crippen LogP contribution in [0, 0.1) is 12.3 Å². The average Bonchev–Trinajstić information content (AvgIpc) is 2.72. The molecule has 5 nitrogen and oxygen atoms in total. The van der Waals surface area contributed by atoms with Gasteiger partial charge in [0.05, 0.1) is 11.6 Å². The largest absolute Gasteiger partial charge is 0.366 e. The van der Waals surface area contributed by atoms with Gasteiger partial charge in [-0.3, -0.25) is 4.68 Å². The van der Waals surface area contributed by atoms with Gasteiger partial charge in [0.1, 0.15) is 12.1 Å². The minimum absolute atomic E-state index is 0.235. The summed E-state index contributed by atoms with van der Waals surface area (Å²) in [6.07, 6.45) is 10.3. The molecule has 2 aromatic heterocycles. The predicted octanol–water partition coefficient (Wildman–Crippen LogP) is 1.58. The third kappa shape index (κ3) is 2.21. The zero-order valence-corrected chi connectivity index (χ0v) is 10.0. The third-order valence-electron chi connectivity index (χ3n) is 2.73. The Morgan fingerprint density at radius 2 is 2.35 bits per heavy atom. The van der Waals surface area contributed by atoms with Crippen LogP contribution in [0.4, 0.5) is 5.82 Å². The van der Waals surface area contributed by atoms with Crippen LogP contribution in [0.3, 0.4) is 0 Å². The SMILES string of the molecule is C#CCC(CC)Nc1ncnc2c1cnn2C. The van der Waals surface area contributed by atoms with Gasteiger partial charge in [0.15, 0.2) is 5.65 Å². The van der Waals surface area contributed by atoms with Crippen LogP contribution >= 0.6 is 0 Å². The lowest BCUT2D eigenvalue weighted by Crippen LogP contribution is -2.18. The van der Waals surface area contributed by atoms with Crippen LogP contribution in [0.2, 0.25) is 0 Å². The van der Waals surface area contributed by atoms with Crippen molar-refractivity contribution >= 4 is 16.9 Å². The number of fused-ring (bicyclic) bond motifs is 1. The maximum Gasteiger partial charge on any atom is 0.163 e. The van der Waals surface area contributed by atoms with Crippen LogP contribution in [0.25, 0.3) is 11.0 Å². The fourth-order valence-electron chi connectivity index (χ4n) is 1.71. The molecule has 0 amide bonds. The number of hydrogen-bond donors (Lipinski definition) is 1. The zero-order chi connectivity index (χ0) is 12.3. The topological polar surface area (TPSA) is 55.6 Å². The van der Waals surface area contributed by atoms with Gasteiger partial charge in [-0.1, -0.05) is 6.92 Å². The molecular weight excluding hydrogens is 214 g/mol. The molecule has 0 aliphatic heterocycles. The summed E-state index contributed by atoms with van der Waals surface area (Å²) < 4.78 is 1.73. The second-order valence-electron chi connectivity index (χ2n) is 3.89. The lowest BCUT2D eigenvalue weighted by molar-refractivity contribution is 0.712. The Balaban J connectivity index is 2.32. The summed E-state index contributed by atoms with van der Waals surface area (Å²) in [5.41, 5.74) is 0.818. The Labute approximate surface area is 100 Å². The molecule has 88 valence electrons. The number of terminal acetylenes is 1. The quantitative estimate of drug-likeness (QED) is 0.809. The Morgan fingerprint density at radius 1 is 1.53 bits per heavy atom. The van der Waals surface area contributed by atoms with Crippen LogP contribution in [-0.4, -0.2) is 25.8 Å². The summed E-state index contributed by atoms with van der Waals surface area (Å²) in [6.45, 7) is 2.09. The molecule has 2 heterocycles. The van der Waals surface area contributed by atoms with E-state index in [1.165, 1.54) is 6.33 Å². The van der Waals surface area contributed by atoms with Crippen LogP contribution in [0.5, 0.6) is 0 Å². The first-order chi connectivity index (χ1) is 8.26. The summed E-state index contributed by atoms with van der Waals surface area (Å²) >= 11 is 0. The maximum atomic E-state index is 5.34. The Kier molecular flexibility index (Phi) is 3.24. The molecule has 0 fully saturated rings. The fraction of sp³-hybridized carbons (Fsp3) is 0.417. The number of rotatable bonds is 4. The summed E-state index contributed by atoms with van der Waals surface area (Å²) in [6, 6.07) is 0.235. The van der Waals surface area contributed by atoms with Gasteiger partial charge in [0.2, 0.25) is 0 Å². The number of nitrogens with one attached hydrogen (secondary N) is 1. The molecule has 0 saturated carbocycles. The van der Waals surface area contributed by atoms with Crippen molar-refractivity contribution in [2.24, 2.45) is 7.05 Å². The summed E-state index contributed by atoms with van der Waals surface area (Å²) in [5, 5.41) is 8.43. The molecular formula is C12H15N5. The van der Waals surface area contributed by atoms with E-state index in [1.54, 1.807) is 10.9 Å². The monoisotopic (exact) mass is 229 g/mol. The van der Waals surface area contributed by atoms with Crippen molar-refractivity contribution in [1.82, 2.24) is 19.7 Å². The van der Waals surface area contributed by atoms with Crippen LogP contribution in [-0.2, 0) is 7.05 Å². The van der Waals surface area contributed by atoms with Crippen molar-refractivity contribution in [2.75, 3.05) is 5.32 Å². The van der Waals surface area contributed by atoms with E-state index in [0.717, 1.165) is 23.3 Å². The molecule has 2 rings (SSSR count). The molecule has 5 heteroatoms. The zero-order valence-electron chi connectivity index (χ0n) is 10.0. The van der Waals surface area contributed by atoms with Crippen LogP contribution in [0.15, 0.2) is 12.5 Å². The average molecular weight is 229 g/mol. The second-order valence-corrected chi connectivity index (χ2v) is 3.89. The van der Waals surface area contributed by atoms with E-state index in [0.29, 0.717) is 6.42 Å². The molecule has 0 radical (unpaired) electrons. The van der Waals surface area contributed by atoms with E-state index in [1.807, 2.05) is 7.05 Å². The molecule has 0 saturated heterocycles. The van der Waals surface area contributed by atoms with Crippen molar-refractivity contribution in [3.63, 3.8) is 0 Å². The minimum atomic E-state index is 0.235. The van der Waals surface area contributed by atoms with Gasteiger partial charge >= 0.3 is 0 Å². The molecule has 0 spiro atoms. The highest BCUT2D eigenvalue weighted by Crippen LogP contribution is 2.19. The molecule has 17 heavy (non-hydrogen) atoms. The number of nitrogens with zero attached hydrogens (tertiary/aromatic N) is 4. The van der Waals surface area contributed by atoms with E-state index in [2.05, 4.69) is 33.2 Å². The molecule has 1 atom stereocenters. The third-order valence-corrected chi connectivity index (χ3v) is 2.73. The van der Waals surface area contributed by atoms with E-state index < -0.39 is 0 Å². The van der Waals surface area contributed by atoms with Gasteiger partial charge < -0.3 is 5.32 Å². The van der Waals surface area contributed by atoms with E-state index in [9.17, 15) is 0 Å².